The van der Waals surface area contributed by atoms with Gasteiger partial charge in [-0.05, 0) is 13.0 Å². The zero-order valence-electron chi connectivity index (χ0n) is 10.6. The number of hydrogen-bond donors (Lipinski definition) is 3. The lowest BCUT2D eigenvalue weighted by atomic mass is 10.1. The van der Waals surface area contributed by atoms with E-state index in [4.69, 9.17) is 10.4 Å². The Kier molecular flexibility index (Phi) is 3.65. The molecular formula is C14H15N3O2. The predicted molar refractivity (Wildman–Crippen MR) is 72.7 cm³/mol. The molecule has 0 aliphatic carbocycles. The minimum atomic E-state index is -1.24. The minimum absolute atomic E-state index is 0.145. The molecule has 0 saturated carbocycles. The van der Waals surface area contributed by atoms with Crippen molar-refractivity contribution < 1.29 is 10.2 Å². The predicted octanol–water partition coefficient (Wildman–Crippen LogP) is 1.26. The van der Waals surface area contributed by atoms with Crippen LogP contribution in [0.5, 0.6) is 0 Å². The van der Waals surface area contributed by atoms with E-state index < -0.39 is 5.60 Å². The molecule has 0 bridgehead atoms. The van der Waals surface area contributed by atoms with Gasteiger partial charge in [0, 0.05) is 18.1 Å². The van der Waals surface area contributed by atoms with Crippen molar-refractivity contribution in [3.8, 4) is 6.07 Å². The molecule has 19 heavy (non-hydrogen) atoms. The highest BCUT2D eigenvalue weighted by molar-refractivity contribution is 5.93. The first-order valence-corrected chi connectivity index (χ1v) is 5.92. The molecule has 1 aromatic heterocycles. The van der Waals surface area contributed by atoms with Crippen LogP contribution in [0, 0.1) is 11.3 Å². The first-order chi connectivity index (χ1) is 9.07. The van der Waals surface area contributed by atoms with Crippen molar-refractivity contribution in [3.63, 3.8) is 0 Å². The second kappa shape index (κ2) is 5.22. The summed E-state index contributed by atoms with van der Waals surface area (Å²) in [5.74, 6) is 0. The maximum absolute atomic E-state index is 9.81. The van der Waals surface area contributed by atoms with E-state index in [1.807, 2.05) is 24.3 Å². The molecule has 0 saturated heterocycles. The zero-order valence-corrected chi connectivity index (χ0v) is 10.6. The molecule has 98 valence electrons. The first-order valence-electron chi connectivity index (χ1n) is 5.92. The molecule has 3 N–H and O–H groups in total. The molecule has 1 aromatic carbocycles. The number of fused-ring (bicyclic) bond motifs is 1. The summed E-state index contributed by atoms with van der Waals surface area (Å²) in [6.45, 7) is 1.31. The average Bonchev–Trinajstić information content (AvgIpc) is 2.44. The lowest BCUT2D eigenvalue weighted by Crippen LogP contribution is -2.37. The number of pyridine rings is 1. The number of anilines is 1. The number of nitriles is 1. The molecule has 2 aromatic rings. The number of nitrogens with one attached hydrogen (secondary N) is 1. The van der Waals surface area contributed by atoms with Crippen LogP contribution in [0.3, 0.4) is 0 Å². The van der Waals surface area contributed by atoms with E-state index in [-0.39, 0.29) is 13.2 Å². The molecule has 1 unspecified atom stereocenters. The highest BCUT2D eigenvalue weighted by Gasteiger charge is 2.19. The molecule has 0 aliphatic rings. The maximum Gasteiger partial charge on any atom is 0.103 e. The van der Waals surface area contributed by atoms with Crippen LogP contribution in [-0.4, -0.2) is 33.9 Å². The van der Waals surface area contributed by atoms with E-state index in [0.717, 1.165) is 10.9 Å². The third-order valence-corrected chi connectivity index (χ3v) is 2.88. The molecule has 1 heterocycles. The Bertz CT molecular complexity index is 632. The van der Waals surface area contributed by atoms with Crippen LogP contribution in [0.25, 0.3) is 10.9 Å². The number of aromatic nitrogens is 1. The highest BCUT2D eigenvalue weighted by atomic mass is 16.3. The van der Waals surface area contributed by atoms with Crippen molar-refractivity contribution in [2.24, 2.45) is 0 Å². The Morgan fingerprint density at radius 1 is 1.42 bits per heavy atom. The van der Waals surface area contributed by atoms with Gasteiger partial charge in [-0.3, -0.25) is 4.98 Å². The van der Waals surface area contributed by atoms with Crippen molar-refractivity contribution in [3.05, 3.63) is 36.0 Å². The fourth-order valence-electron chi connectivity index (χ4n) is 1.75. The van der Waals surface area contributed by atoms with E-state index in [1.165, 1.54) is 13.1 Å². The fraction of sp³-hybridized carbons (Fsp3) is 0.286. The van der Waals surface area contributed by atoms with Gasteiger partial charge in [0.25, 0.3) is 0 Å². The molecule has 2 rings (SSSR count). The van der Waals surface area contributed by atoms with Gasteiger partial charge in [0.05, 0.1) is 23.4 Å². The largest absolute Gasteiger partial charge is 0.393 e. The van der Waals surface area contributed by atoms with Crippen LogP contribution in [0.2, 0.25) is 0 Å². The van der Waals surface area contributed by atoms with Crippen LogP contribution in [0.15, 0.2) is 30.5 Å². The number of benzene rings is 1. The fourth-order valence-corrected chi connectivity index (χ4v) is 1.75. The number of nitrogens with zero attached hydrogens (tertiary/aromatic N) is 2. The average molecular weight is 257 g/mol. The van der Waals surface area contributed by atoms with Crippen LogP contribution in [0.1, 0.15) is 12.5 Å². The van der Waals surface area contributed by atoms with E-state index in [2.05, 4.69) is 16.4 Å². The van der Waals surface area contributed by atoms with Crippen molar-refractivity contribution >= 4 is 16.6 Å². The summed E-state index contributed by atoms with van der Waals surface area (Å²) in [7, 11) is 0. The molecule has 5 heteroatoms. The second-order valence-corrected chi connectivity index (χ2v) is 4.68. The van der Waals surface area contributed by atoms with E-state index in [1.54, 1.807) is 0 Å². The SMILES string of the molecule is CC(O)(CO)CNc1c(C#N)cnc2ccccc12. The van der Waals surface area contributed by atoms with Crippen LogP contribution >= 0.6 is 0 Å². The molecular weight excluding hydrogens is 242 g/mol. The Balaban J connectivity index is 2.43. The normalized spacial score (nSPS) is 13.8. The molecule has 0 radical (unpaired) electrons. The van der Waals surface area contributed by atoms with Crippen molar-refractivity contribution in [1.82, 2.24) is 4.98 Å². The van der Waals surface area contributed by atoms with Gasteiger partial charge in [-0.25, -0.2) is 0 Å². The summed E-state index contributed by atoms with van der Waals surface area (Å²) in [4.78, 5) is 4.20. The van der Waals surface area contributed by atoms with Gasteiger partial charge in [0.1, 0.15) is 11.7 Å². The summed E-state index contributed by atoms with van der Waals surface area (Å²) in [5, 5.41) is 31.8. The summed E-state index contributed by atoms with van der Waals surface area (Å²) in [6.07, 6.45) is 1.50. The molecule has 0 amide bonds. The van der Waals surface area contributed by atoms with Gasteiger partial charge in [-0.1, -0.05) is 18.2 Å². The highest BCUT2D eigenvalue weighted by Crippen LogP contribution is 2.25. The number of hydrogen-bond acceptors (Lipinski definition) is 5. The van der Waals surface area contributed by atoms with Crippen LogP contribution in [-0.2, 0) is 0 Å². The number of aliphatic hydroxyl groups excluding tert-OH is 1. The second-order valence-electron chi connectivity index (χ2n) is 4.68. The first kappa shape index (κ1) is 13.3. The van der Waals surface area contributed by atoms with Gasteiger partial charge in [-0.2, -0.15) is 5.26 Å². The van der Waals surface area contributed by atoms with Gasteiger partial charge in [0.2, 0.25) is 0 Å². The molecule has 1 atom stereocenters. The third-order valence-electron chi connectivity index (χ3n) is 2.88. The van der Waals surface area contributed by atoms with E-state index >= 15 is 0 Å². The quantitative estimate of drug-likeness (QED) is 0.767. The van der Waals surface area contributed by atoms with Crippen molar-refractivity contribution in [1.29, 1.82) is 5.26 Å². The lowest BCUT2D eigenvalue weighted by molar-refractivity contribution is 0.0132. The smallest absolute Gasteiger partial charge is 0.103 e. The lowest BCUT2D eigenvalue weighted by Gasteiger charge is -2.22. The summed E-state index contributed by atoms with van der Waals surface area (Å²) in [6, 6.07) is 9.52. The maximum atomic E-state index is 9.81. The number of aliphatic hydroxyl groups is 2. The summed E-state index contributed by atoms with van der Waals surface area (Å²) < 4.78 is 0. The Labute approximate surface area is 111 Å². The van der Waals surface area contributed by atoms with Crippen molar-refractivity contribution in [2.45, 2.75) is 12.5 Å². The Hall–Kier alpha value is -2.16. The molecule has 5 nitrogen and oxygen atoms in total. The van der Waals surface area contributed by atoms with E-state index in [0.29, 0.717) is 11.3 Å². The van der Waals surface area contributed by atoms with Gasteiger partial charge in [-0.15, -0.1) is 0 Å². The molecule has 0 aliphatic heterocycles. The van der Waals surface area contributed by atoms with E-state index in [9.17, 15) is 5.11 Å². The Morgan fingerprint density at radius 2 is 2.16 bits per heavy atom. The standard InChI is InChI=1S/C14H15N3O2/c1-14(19,9-18)8-17-13-10(6-15)7-16-12-5-3-2-4-11(12)13/h2-5,7,18-19H,8-9H2,1H3,(H,16,17). The molecule has 0 fully saturated rings. The Morgan fingerprint density at radius 3 is 2.84 bits per heavy atom. The van der Waals surface area contributed by atoms with Gasteiger partial charge in [0.15, 0.2) is 0 Å². The molecule has 0 spiro atoms. The minimum Gasteiger partial charge on any atom is -0.393 e. The van der Waals surface area contributed by atoms with Crippen LogP contribution in [0.4, 0.5) is 5.69 Å². The number of para-hydroxylation sites is 1. The monoisotopic (exact) mass is 257 g/mol. The van der Waals surface area contributed by atoms with Crippen LogP contribution < -0.4 is 5.32 Å². The van der Waals surface area contributed by atoms with Gasteiger partial charge >= 0.3 is 0 Å². The zero-order chi connectivity index (χ0) is 13.9. The van der Waals surface area contributed by atoms with Gasteiger partial charge < -0.3 is 15.5 Å². The topological polar surface area (TPSA) is 89.2 Å². The summed E-state index contributed by atoms with van der Waals surface area (Å²) in [5.41, 5.74) is 0.568. The summed E-state index contributed by atoms with van der Waals surface area (Å²) >= 11 is 0. The van der Waals surface area contributed by atoms with Crippen molar-refractivity contribution in [2.75, 3.05) is 18.5 Å². The number of rotatable bonds is 4. The third kappa shape index (κ3) is 2.81.